The third kappa shape index (κ3) is 3.79. The van der Waals surface area contributed by atoms with Gasteiger partial charge in [-0.15, -0.1) is 11.3 Å². The molecule has 11 heteroatoms. The van der Waals surface area contributed by atoms with Gasteiger partial charge in [0, 0.05) is 18.3 Å². The van der Waals surface area contributed by atoms with E-state index in [0.29, 0.717) is 29.6 Å². The lowest BCUT2D eigenvalue weighted by Gasteiger charge is -2.21. The number of rotatable bonds is 5. The first-order valence-corrected chi connectivity index (χ1v) is 11.7. The molecule has 29 heavy (non-hydrogen) atoms. The number of carboxylic acids is 1. The molecule has 154 valence electrons. The highest BCUT2D eigenvalue weighted by Crippen LogP contribution is 2.29. The fourth-order valence-corrected chi connectivity index (χ4v) is 6.19. The minimum Gasteiger partial charge on any atom is -0.502 e. The van der Waals surface area contributed by atoms with Gasteiger partial charge in [-0.2, -0.15) is 5.10 Å². The lowest BCUT2D eigenvalue weighted by atomic mass is 10.0. The van der Waals surface area contributed by atoms with Gasteiger partial charge in [0.2, 0.25) is 0 Å². The summed E-state index contributed by atoms with van der Waals surface area (Å²) in [6.07, 6.45) is 4.62. The zero-order chi connectivity index (χ0) is 20.8. The quantitative estimate of drug-likeness (QED) is 0.619. The van der Waals surface area contributed by atoms with Gasteiger partial charge in [0.1, 0.15) is 15.4 Å². The fourth-order valence-electron chi connectivity index (χ4n) is 3.67. The topological polar surface area (TPSA) is 131 Å². The van der Waals surface area contributed by atoms with Gasteiger partial charge in [0.05, 0.1) is 34.5 Å². The monoisotopic (exact) mass is 437 g/mol. The highest BCUT2D eigenvalue weighted by Gasteiger charge is 2.25. The molecule has 0 aliphatic carbocycles. The van der Waals surface area contributed by atoms with Gasteiger partial charge in [-0.25, -0.2) is 13.2 Å². The summed E-state index contributed by atoms with van der Waals surface area (Å²) in [6, 6.07) is 1.65. The van der Waals surface area contributed by atoms with Crippen molar-refractivity contribution in [1.82, 2.24) is 14.3 Å². The summed E-state index contributed by atoms with van der Waals surface area (Å²) in [5.41, 5.74) is 0.0312. The van der Waals surface area contributed by atoms with Crippen LogP contribution in [-0.4, -0.2) is 50.5 Å². The molecule has 4 heterocycles. The van der Waals surface area contributed by atoms with Crippen LogP contribution in [0.3, 0.4) is 0 Å². The molecule has 1 aliphatic rings. The van der Waals surface area contributed by atoms with Gasteiger partial charge < -0.3 is 10.2 Å². The van der Waals surface area contributed by atoms with Crippen LogP contribution in [-0.2, 0) is 22.9 Å². The van der Waals surface area contributed by atoms with Crippen molar-refractivity contribution in [2.24, 2.45) is 5.92 Å². The molecule has 0 unspecified atom stereocenters. The minimum atomic E-state index is -2.91. The van der Waals surface area contributed by atoms with Crippen LogP contribution in [0.5, 0.6) is 5.75 Å². The van der Waals surface area contributed by atoms with Crippen molar-refractivity contribution in [2.75, 3.05) is 11.5 Å². The molecule has 3 aromatic rings. The standard InChI is InChI=1S/C18H19N3O6S2/c22-15-14(18(24)25)16-13(1-4-28-16)21(17(15)23)10-12-7-19-20(9-12)8-11-2-5-29(26,27)6-3-11/h1,4,7,9,11,22H,2-3,5-6,8,10H2,(H,24,25). The Morgan fingerprint density at radius 1 is 1.31 bits per heavy atom. The maximum absolute atomic E-state index is 12.6. The zero-order valence-corrected chi connectivity index (χ0v) is 16.9. The number of aromatic nitrogens is 3. The molecule has 3 aromatic heterocycles. The molecule has 0 atom stereocenters. The number of nitrogens with zero attached hydrogens (tertiary/aromatic N) is 3. The summed E-state index contributed by atoms with van der Waals surface area (Å²) in [6.45, 7) is 0.736. The minimum absolute atomic E-state index is 0.137. The molecule has 0 aromatic carbocycles. The molecule has 0 amide bonds. The van der Waals surface area contributed by atoms with E-state index in [1.54, 1.807) is 28.5 Å². The van der Waals surface area contributed by atoms with E-state index in [-0.39, 0.29) is 29.5 Å². The summed E-state index contributed by atoms with van der Waals surface area (Å²) in [7, 11) is -2.91. The van der Waals surface area contributed by atoms with E-state index in [1.807, 2.05) is 0 Å². The van der Waals surface area contributed by atoms with Crippen LogP contribution in [0.1, 0.15) is 28.8 Å². The van der Waals surface area contributed by atoms with Crippen LogP contribution in [0, 0.1) is 5.92 Å². The van der Waals surface area contributed by atoms with Crippen molar-refractivity contribution in [3.8, 4) is 5.75 Å². The number of aromatic carboxylic acids is 1. The van der Waals surface area contributed by atoms with Crippen molar-refractivity contribution in [3.05, 3.63) is 45.3 Å². The van der Waals surface area contributed by atoms with Crippen molar-refractivity contribution in [2.45, 2.75) is 25.9 Å². The molecule has 1 aliphatic heterocycles. The number of hydrogen-bond acceptors (Lipinski definition) is 7. The van der Waals surface area contributed by atoms with Gasteiger partial charge in [-0.05, 0) is 30.2 Å². The van der Waals surface area contributed by atoms with Crippen LogP contribution >= 0.6 is 11.3 Å². The van der Waals surface area contributed by atoms with E-state index in [0.717, 1.165) is 16.9 Å². The molecular weight excluding hydrogens is 418 g/mol. The highest BCUT2D eigenvalue weighted by molar-refractivity contribution is 7.91. The van der Waals surface area contributed by atoms with Crippen molar-refractivity contribution >= 4 is 37.4 Å². The van der Waals surface area contributed by atoms with E-state index in [9.17, 15) is 28.2 Å². The molecule has 9 nitrogen and oxygen atoms in total. The molecule has 4 rings (SSSR count). The summed E-state index contributed by atoms with van der Waals surface area (Å²) in [5.74, 6) is -1.49. The molecule has 1 fully saturated rings. The highest BCUT2D eigenvalue weighted by atomic mass is 32.2. The SMILES string of the molecule is O=C(O)c1c(O)c(=O)n(Cc2cnn(CC3CCS(=O)(=O)CC3)c2)c2ccsc12. The second-order valence-electron chi connectivity index (χ2n) is 7.22. The predicted octanol–water partition coefficient (Wildman–Crippen LogP) is 1.54. The van der Waals surface area contributed by atoms with E-state index in [1.165, 1.54) is 4.57 Å². The van der Waals surface area contributed by atoms with E-state index in [2.05, 4.69) is 5.10 Å². The Hall–Kier alpha value is -2.66. The number of sulfone groups is 1. The summed E-state index contributed by atoms with van der Waals surface area (Å²) >= 11 is 1.15. The first-order valence-electron chi connectivity index (χ1n) is 9.03. The van der Waals surface area contributed by atoms with Crippen LogP contribution in [0.25, 0.3) is 10.2 Å². The number of pyridine rings is 1. The normalized spacial score (nSPS) is 17.0. The van der Waals surface area contributed by atoms with Gasteiger partial charge in [-0.3, -0.25) is 14.0 Å². The van der Waals surface area contributed by atoms with Crippen molar-refractivity contribution < 1.29 is 23.4 Å². The third-order valence-electron chi connectivity index (χ3n) is 5.21. The van der Waals surface area contributed by atoms with Crippen LogP contribution in [0.2, 0.25) is 0 Å². The lowest BCUT2D eigenvalue weighted by molar-refractivity contribution is 0.0695. The fraction of sp³-hybridized carbons (Fsp3) is 0.389. The van der Waals surface area contributed by atoms with Gasteiger partial charge in [-0.1, -0.05) is 0 Å². The number of carbonyl (C=O) groups is 1. The average molecular weight is 437 g/mol. The number of aromatic hydroxyl groups is 1. The number of fused-ring (bicyclic) bond motifs is 1. The van der Waals surface area contributed by atoms with Gasteiger partial charge in [0.15, 0.2) is 5.75 Å². The van der Waals surface area contributed by atoms with Crippen molar-refractivity contribution in [1.29, 1.82) is 0 Å². The van der Waals surface area contributed by atoms with E-state index in [4.69, 9.17) is 0 Å². The molecule has 0 radical (unpaired) electrons. The van der Waals surface area contributed by atoms with Crippen LogP contribution in [0.15, 0.2) is 28.6 Å². The zero-order valence-electron chi connectivity index (χ0n) is 15.3. The summed E-state index contributed by atoms with van der Waals surface area (Å²) in [4.78, 5) is 24.0. The largest absolute Gasteiger partial charge is 0.502 e. The lowest BCUT2D eigenvalue weighted by Crippen LogP contribution is -2.26. The summed E-state index contributed by atoms with van der Waals surface area (Å²) in [5, 5.41) is 25.4. The first kappa shape index (κ1) is 19.6. The van der Waals surface area contributed by atoms with Gasteiger partial charge >= 0.3 is 5.97 Å². The Balaban J connectivity index is 1.58. The predicted molar refractivity (Wildman–Crippen MR) is 107 cm³/mol. The second-order valence-corrected chi connectivity index (χ2v) is 10.4. The second kappa shape index (κ2) is 7.30. The van der Waals surface area contributed by atoms with Crippen molar-refractivity contribution in [3.63, 3.8) is 0 Å². The number of thiophene rings is 1. The Morgan fingerprint density at radius 2 is 2.03 bits per heavy atom. The summed E-state index contributed by atoms with van der Waals surface area (Å²) < 4.78 is 26.5. The molecule has 0 saturated carbocycles. The Labute approximate surface area is 169 Å². The van der Waals surface area contributed by atoms with Crippen LogP contribution < -0.4 is 5.56 Å². The number of hydrogen-bond donors (Lipinski definition) is 2. The molecular formula is C18H19N3O6S2. The molecule has 1 saturated heterocycles. The molecule has 0 spiro atoms. The maximum atomic E-state index is 12.6. The van der Waals surface area contributed by atoms with Crippen LogP contribution in [0.4, 0.5) is 0 Å². The molecule has 0 bridgehead atoms. The third-order valence-corrected chi connectivity index (χ3v) is 7.84. The van der Waals surface area contributed by atoms with Gasteiger partial charge in [0.25, 0.3) is 5.56 Å². The molecule has 2 N–H and O–H groups in total. The van der Waals surface area contributed by atoms with E-state index < -0.39 is 27.1 Å². The Kier molecular flexibility index (Phi) is 4.95. The number of carboxylic acid groups (broad SMARTS) is 1. The first-order chi connectivity index (χ1) is 13.7. The van der Waals surface area contributed by atoms with E-state index >= 15 is 0 Å². The maximum Gasteiger partial charge on any atom is 0.341 e. The Morgan fingerprint density at radius 3 is 2.72 bits per heavy atom. The average Bonchev–Trinajstić information content (AvgIpc) is 3.30. The smallest absolute Gasteiger partial charge is 0.341 e. The Bertz CT molecular complexity index is 1240.